The first-order valence-electron chi connectivity index (χ1n) is 4.45. The third-order valence-corrected chi connectivity index (χ3v) is 2.42. The average molecular weight is 201 g/mol. The standard InChI is InChI=1S/C10H7N3O2/c1-12-8-7(5-2-3-5)6(4-11)9(14)13-10(8)15/h5H,2-3H2,(H2,13,14,15). The van der Waals surface area contributed by atoms with Gasteiger partial charge in [-0.2, -0.15) is 5.26 Å². The zero-order valence-electron chi connectivity index (χ0n) is 7.74. The van der Waals surface area contributed by atoms with Crippen LogP contribution in [0.1, 0.15) is 29.9 Å². The third-order valence-electron chi connectivity index (χ3n) is 2.42. The molecule has 0 radical (unpaired) electrons. The van der Waals surface area contributed by atoms with Crippen molar-refractivity contribution < 1.29 is 5.11 Å². The quantitative estimate of drug-likeness (QED) is 0.673. The van der Waals surface area contributed by atoms with Gasteiger partial charge in [0.2, 0.25) is 5.69 Å². The molecule has 15 heavy (non-hydrogen) atoms. The van der Waals surface area contributed by atoms with E-state index in [-0.39, 0.29) is 17.2 Å². The minimum atomic E-state index is -0.621. The van der Waals surface area contributed by atoms with Gasteiger partial charge >= 0.3 is 0 Å². The molecule has 1 aliphatic rings. The highest BCUT2D eigenvalue weighted by Gasteiger charge is 2.31. The Morgan fingerprint density at radius 3 is 2.73 bits per heavy atom. The van der Waals surface area contributed by atoms with Crippen molar-refractivity contribution in [2.24, 2.45) is 0 Å². The van der Waals surface area contributed by atoms with Crippen LogP contribution in [0.15, 0.2) is 4.79 Å². The molecule has 1 aliphatic carbocycles. The monoisotopic (exact) mass is 201 g/mol. The smallest absolute Gasteiger partial charge is 0.266 e. The summed E-state index contributed by atoms with van der Waals surface area (Å²) in [5.74, 6) is -0.354. The molecule has 5 heteroatoms. The number of pyridine rings is 1. The van der Waals surface area contributed by atoms with E-state index in [0.29, 0.717) is 5.56 Å². The lowest BCUT2D eigenvalue weighted by atomic mass is 10.0. The number of nitrogens with one attached hydrogen (secondary N) is 1. The molecule has 1 saturated carbocycles. The Kier molecular flexibility index (Phi) is 1.95. The first-order chi connectivity index (χ1) is 7.19. The molecule has 0 atom stereocenters. The molecule has 0 aliphatic heterocycles. The molecule has 0 aromatic carbocycles. The van der Waals surface area contributed by atoms with Gasteiger partial charge in [-0.3, -0.25) is 4.79 Å². The van der Waals surface area contributed by atoms with Crippen LogP contribution in [0.25, 0.3) is 4.85 Å². The number of nitriles is 1. The van der Waals surface area contributed by atoms with E-state index in [4.69, 9.17) is 11.8 Å². The number of rotatable bonds is 1. The van der Waals surface area contributed by atoms with Crippen molar-refractivity contribution in [3.05, 3.63) is 32.9 Å². The molecule has 1 fully saturated rings. The van der Waals surface area contributed by atoms with E-state index >= 15 is 0 Å². The molecule has 2 N–H and O–H groups in total. The highest BCUT2D eigenvalue weighted by Crippen LogP contribution is 2.47. The van der Waals surface area contributed by atoms with Crippen LogP contribution in [0.4, 0.5) is 5.69 Å². The summed E-state index contributed by atoms with van der Waals surface area (Å²) in [6.07, 6.45) is 1.72. The lowest BCUT2D eigenvalue weighted by Gasteiger charge is -2.05. The Hall–Kier alpha value is -2.27. The van der Waals surface area contributed by atoms with Crippen LogP contribution in [0.2, 0.25) is 0 Å². The fourth-order valence-corrected chi connectivity index (χ4v) is 1.59. The number of aromatic hydroxyl groups is 1. The summed E-state index contributed by atoms with van der Waals surface area (Å²) in [5, 5.41) is 18.2. The van der Waals surface area contributed by atoms with Gasteiger partial charge in [0, 0.05) is 0 Å². The van der Waals surface area contributed by atoms with Crippen molar-refractivity contribution in [3.8, 4) is 11.9 Å². The molecule has 2 rings (SSSR count). The van der Waals surface area contributed by atoms with E-state index in [9.17, 15) is 9.90 Å². The number of aromatic nitrogens is 1. The first-order valence-corrected chi connectivity index (χ1v) is 4.45. The Bertz CT molecular complexity index is 556. The summed E-state index contributed by atoms with van der Waals surface area (Å²) in [7, 11) is 0. The second-order valence-electron chi connectivity index (χ2n) is 3.44. The fraction of sp³-hybridized carbons (Fsp3) is 0.300. The summed E-state index contributed by atoms with van der Waals surface area (Å²) >= 11 is 0. The van der Waals surface area contributed by atoms with Gasteiger partial charge in [0.05, 0.1) is 6.57 Å². The van der Waals surface area contributed by atoms with Gasteiger partial charge in [-0.25, -0.2) is 4.85 Å². The van der Waals surface area contributed by atoms with Gasteiger partial charge in [0.1, 0.15) is 11.6 Å². The summed E-state index contributed by atoms with van der Waals surface area (Å²) in [6.45, 7) is 6.92. The van der Waals surface area contributed by atoms with Crippen molar-refractivity contribution in [2.45, 2.75) is 18.8 Å². The van der Waals surface area contributed by atoms with E-state index in [1.54, 1.807) is 6.07 Å². The van der Waals surface area contributed by atoms with Gasteiger partial charge in [0.25, 0.3) is 5.56 Å². The minimum absolute atomic E-state index is 0.00801. The van der Waals surface area contributed by atoms with Crippen LogP contribution >= 0.6 is 0 Å². The molecule has 1 heterocycles. The van der Waals surface area contributed by atoms with E-state index in [1.165, 1.54) is 0 Å². The predicted molar refractivity (Wildman–Crippen MR) is 51.7 cm³/mol. The van der Waals surface area contributed by atoms with Crippen LogP contribution in [0.5, 0.6) is 5.88 Å². The van der Waals surface area contributed by atoms with Crippen LogP contribution < -0.4 is 5.56 Å². The molecule has 5 nitrogen and oxygen atoms in total. The van der Waals surface area contributed by atoms with Gasteiger partial charge in [-0.05, 0) is 24.3 Å². The van der Waals surface area contributed by atoms with E-state index in [1.807, 2.05) is 0 Å². The number of hydrogen-bond donors (Lipinski definition) is 2. The highest BCUT2D eigenvalue weighted by molar-refractivity contribution is 5.66. The Labute approximate surface area is 85.4 Å². The predicted octanol–water partition coefficient (Wildman–Crippen LogP) is 1.38. The largest absolute Gasteiger partial charge is 0.503 e. The lowest BCUT2D eigenvalue weighted by molar-refractivity contribution is 0.454. The summed E-state index contributed by atoms with van der Waals surface area (Å²) in [6, 6.07) is 1.79. The first kappa shape index (κ1) is 9.29. The van der Waals surface area contributed by atoms with Gasteiger partial charge in [-0.1, -0.05) is 0 Å². The van der Waals surface area contributed by atoms with E-state index in [0.717, 1.165) is 12.8 Å². The second kappa shape index (κ2) is 3.14. The summed E-state index contributed by atoms with van der Waals surface area (Å²) in [5.41, 5.74) is -0.243. The zero-order chi connectivity index (χ0) is 11.0. The van der Waals surface area contributed by atoms with Crippen molar-refractivity contribution in [1.82, 2.24) is 4.98 Å². The number of hydrogen-bond acceptors (Lipinski definition) is 3. The van der Waals surface area contributed by atoms with Gasteiger partial charge in [0.15, 0.2) is 5.88 Å². The molecule has 0 amide bonds. The summed E-state index contributed by atoms with van der Waals surface area (Å²) in [4.78, 5) is 16.6. The van der Waals surface area contributed by atoms with Gasteiger partial charge < -0.3 is 10.1 Å². The molecule has 0 bridgehead atoms. The molecule has 0 spiro atoms. The van der Waals surface area contributed by atoms with Gasteiger partial charge in [-0.15, -0.1) is 0 Å². The van der Waals surface area contributed by atoms with E-state index in [2.05, 4.69) is 9.83 Å². The average Bonchev–Trinajstić information content (AvgIpc) is 3.00. The second-order valence-corrected chi connectivity index (χ2v) is 3.44. The van der Waals surface area contributed by atoms with Crippen molar-refractivity contribution in [2.75, 3.05) is 0 Å². The number of nitrogens with zero attached hydrogens (tertiary/aromatic N) is 2. The van der Waals surface area contributed by atoms with Crippen molar-refractivity contribution in [1.29, 1.82) is 5.26 Å². The third kappa shape index (κ3) is 1.35. The Balaban J connectivity index is 2.82. The highest BCUT2D eigenvalue weighted by atomic mass is 16.3. The number of H-pyrrole nitrogens is 1. The molecular formula is C10H7N3O2. The van der Waals surface area contributed by atoms with Crippen molar-refractivity contribution in [3.63, 3.8) is 0 Å². The van der Waals surface area contributed by atoms with Crippen LogP contribution in [-0.4, -0.2) is 10.1 Å². The van der Waals surface area contributed by atoms with Crippen LogP contribution in [-0.2, 0) is 0 Å². The maximum atomic E-state index is 11.4. The molecule has 0 saturated heterocycles. The topological polar surface area (TPSA) is 81.2 Å². The van der Waals surface area contributed by atoms with Crippen molar-refractivity contribution >= 4 is 5.69 Å². The van der Waals surface area contributed by atoms with Crippen LogP contribution in [0, 0.1) is 17.9 Å². The number of aromatic amines is 1. The zero-order valence-corrected chi connectivity index (χ0v) is 7.74. The molecule has 1 aromatic heterocycles. The Morgan fingerprint density at radius 2 is 2.27 bits per heavy atom. The lowest BCUT2D eigenvalue weighted by Crippen LogP contribution is -2.12. The Morgan fingerprint density at radius 1 is 1.60 bits per heavy atom. The minimum Gasteiger partial charge on any atom is -0.503 e. The summed E-state index contributed by atoms with van der Waals surface area (Å²) < 4.78 is 0. The van der Waals surface area contributed by atoms with E-state index < -0.39 is 11.4 Å². The molecular weight excluding hydrogens is 194 g/mol. The normalized spacial score (nSPS) is 14.3. The maximum absolute atomic E-state index is 11.4. The molecule has 1 aromatic rings. The fourth-order valence-electron chi connectivity index (χ4n) is 1.59. The SMILES string of the molecule is [C-]#[N+]c1c(O)[nH]c(=O)c(C#N)c1C1CC1. The maximum Gasteiger partial charge on any atom is 0.266 e. The molecule has 0 unspecified atom stereocenters. The van der Waals surface area contributed by atoms with Crippen LogP contribution in [0.3, 0.4) is 0 Å². The molecule has 74 valence electrons.